The van der Waals surface area contributed by atoms with Gasteiger partial charge in [-0.3, -0.25) is 0 Å². The second-order valence-corrected chi connectivity index (χ2v) is 4.89. The highest BCUT2D eigenvalue weighted by molar-refractivity contribution is 6.20. The fourth-order valence-corrected chi connectivity index (χ4v) is 2.13. The molecular weight excluding hydrogens is 261 g/mol. The third kappa shape index (κ3) is 3.81. The first-order chi connectivity index (χ1) is 9.19. The van der Waals surface area contributed by atoms with E-state index in [9.17, 15) is 4.39 Å². The fourth-order valence-electron chi connectivity index (χ4n) is 1.88. The van der Waals surface area contributed by atoms with E-state index in [4.69, 9.17) is 16.9 Å². The van der Waals surface area contributed by atoms with Crippen LogP contribution in [-0.4, -0.2) is 0 Å². The number of alkyl halides is 1. The van der Waals surface area contributed by atoms with Gasteiger partial charge in [-0.1, -0.05) is 24.3 Å². The first-order valence-electron chi connectivity index (χ1n) is 6.07. The fraction of sp³-hybridized carbons (Fsp3) is 0.188. The minimum absolute atomic E-state index is 0.128. The molecule has 2 rings (SSSR count). The van der Waals surface area contributed by atoms with Gasteiger partial charge in [0.1, 0.15) is 5.82 Å². The highest BCUT2D eigenvalue weighted by Crippen LogP contribution is 2.26. The molecular formula is C16H13ClFN. The zero-order valence-corrected chi connectivity index (χ0v) is 11.1. The number of nitrogens with zero attached hydrogens (tertiary/aromatic N) is 1. The lowest BCUT2D eigenvalue weighted by molar-refractivity contribution is 0.626. The molecule has 96 valence electrons. The van der Waals surface area contributed by atoms with E-state index in [-0.39, 0.29) is 11.2 Å². The number of aryl methyl sites for hydroxylation is 1. The van der Waals surface area contributed by atoms with Gasteiger partial charge in [0.15, 0.2) is 0 Å². The molecule has 2 aromatic rings. The van der Waals surface area contributed by atoms with E-state index in [0.29, 0.717) is 5.56 Å². The number of halogens is 2. The van der Waals surface area contributed by atoms with Gasteiger partial charge in [-0.15, -0.1) is 11.6 Å². The van der Waals surface area contributed by atoms with Crippen LogP contribution in [0.1, 0.15) is 28.5 Å². The molecule has 0 N–H and O–H groups in total. The zero-order valence-electron chi connectivity index (χ0n) is 10.3. The molecule has 0 spiro atoms. The molecule has 3 heteroatoms. The van der Waals surface area contributed by atoms with Crippen LogP contribution in [-0.2, 0) is 6.42 Å². The Balaban J connectivity index is 1.94. The number of hydrogen-bond donors (Lipinski definition) is 0. The van der Waals surface area contributed by atoms with Gasteiger partial charge < -0.3 is 0 Å². The summed E-state index contributed by atoms with van der Waals surface area (Å²) in [5, 5.41) is 8.59. The lowest BCUT2D eigenvalue weighted by Gasteiger charge is -2.09. The Morgan fingerprint density at radius 1 is 1.05 bits per heavy atom. The molecule has 0 aliphatic rings. The molecule has 0 saturated carbocycles. The lowest BCUT2D eigenvalue weighted by Crippen LogP contribution is -1.94. The van der Waals surface area contributed by atoms with Gasteiger partial charge in [-0.2, -0.15) is 5.26 Å². The average molecular weight is 274 g/mol. The predicted octanol–water partition coefficient (Wildman–Crippen LogP) is 4.61. The van der Waals surface area contributed by atoms with Gasteiger partial charge in [0, 0.05) is 0 Å². The second-order valence-electron chi connectivity index (χ2n) is 4.37. The van der Waals surface area contributed by atoms with Crippen molar-refractivity contribution in [2.75, 3.05) is 0 Å². The topological polar surface area (TPSA) is 23.8 Å². The van der Waals surface area contributed by atoms with Gasteiger partial charge in [0.05, 0.1) is 17.0 Å². The molecule has 0 heterocycles. The number of hydrogen-bond acceptors (Lipinski definition) is 1. The Bertz CT molecular complexity index is 569. The maximum absolute atomic E-state index is 12.8. The van der Waals surface area contributed by atoms with Gasteiger partial charge >= 0.3 is 0 Å². The summed E-state index contributed by atoms with van der Waals surface area (Å²) >= 11 is 6.29. The molecule has 0 aliphatic carbocycles. The van der Waals surface area contributed by atoms with Crippen molar-refractivity contribution >= 4 is 11.6 Å². The van der Waals surface area contributed by atoms with Crippen molar-refractivity contribution in [3.8, 4) is 6.07 Å². The van der Waals surface area contributed by atoms with Crippen molar-refractivity contribution in [2.24, 2.45) is 0 Å². The Kier molecular flexibility index (Phi) is 4.54. The quantitative estimate of drug-likeness (QED) is 0.746. The highest BCUT2D eigenvalue weighted by atomic mass is 35.5. The normalized spacial score (nSPS) is 11.8. The maximum atomic E-state index is 12.8. The molecule has 0 saturated heterocycles. The van der Waals surface area contributed by atoms with Crippen molar-refractivity contribution in [1.29, 1.82) is 5.26 Å². The van der Waals surface area contributed by atoms with Crippen LogP contribution in [0.15, 0.2) is 48.5 Å². The van der Waals surface area contributed by atoms with Crippen LogP contribution in [0.4, 0.5) is 4.39 Å². The Labute approximate surface area is 117 Å². The van der Waals surface area contributed by atoms with Crippen LogP contribution < -0.4 is 0 Å². The lowest BCUT2D eigenvalue weighted by atomic mass is 10.0. The van der Waals surface area contributed by atoms with Gasteiger partial charge in [-0.25, -0.2) is 4.39 Å². The van der Waals surface area contributed by atoms with Crippen molar-refractivity contribution in [3.05, 3.63) is 71.0 Å². The molecule has 1 nitrogen and oxygen atoms in total. The van der Waals surface area contributed by atoms with Crippen molar-refractivity contribution < 1.29 is 4.39 Å². The molecule has 19 heavy (non-hydrogen) atoms. The van der Waals surface area contributed by atoms with E-state index >= 15 is 0 Å². The zero-order chi connectivity index (χ0) is 13.7. The molecule has 0 aliphatic heterocycles. The van der Waals surface area contributed by atoms with E-state index in [1.807, 2.05) is 12.1 Å². The van der Waals surface area contributed by atoms with Crippen LogP contribution in [0.2, 0.25) is 0 Å². The summed E-state index contributed by atoms with van der Waals surface area (Å²) in [6.45, 7) is 0. The third-order valence-corrected chi connectivity index (χ3v) is 3.47. The molecule has 1 atom stereocenters. The largest absolute Gasteiger partial charge is 0.207 e. The highest BCUT2D eigenvalue weighted by Gasteiger charge is 2.08. The minimum atomic E-state index is -0.250. The van der Waals surface area contributed by atoms with E-state index in [0.717, 1.165) is 24.0 Å². The van der Waals surface area contributed by atoms with Crippen LogP contribution in [0.5, 0.6) is 0 Å². The first-order valence-corrected chi connectivity index (χ1v) is 6.51. The summed E-state index contributed by atoms with van der Waals surface area (Å²) in [5.74, 6) is -0.250. The van der Waals surface area contributed by atoms with E-state index in [2.05, 4.69) is 6.07 Å². The minimum Gasteiger partial charge on any atom is -0.207 e. The molecule has 0 radical (unpaired) electrons. The van der Waals surface area contributed by atoms with Crippen LogP contribution in [0, 0.1) is 17.1 Å². The molecule has 0 aromatic heterocycles. The van der Waals surface area contributed by atoms with Crippen molar-refractivity contribution in [3.63, 3.8) is 0 Å². The molecule has 0 fully saturated rings. The second kappa shape index (κ2) is 6.36. The Hall–Kier alpha value is -1.85. The Morgan fingerprint density at radius 3 is 2.26 bits per heavy atom. The number of rotatable bonds is 4. The van der Waals surface area contributed by atoms with E-state index < -0.39 is 0 Å². The average Bonchev–Trinajstić information content (AvgIpc) is 2.46. The van der Waals surface area contributed by atoms with E-state index in [1.165, 1.54) is 12.1 Å². The number of nitriles is 1. The third-order valence-electron chi connectivity index (χ3n) is 3.00. The van der Waals surface area contributed by atoms with Crippen molar-refractivity contribution in [1.82, 2.24) is 0 Å². The van der Waals surface area contributed by atoms with Crippen LogP contribution in [0.25, 0.3) is 0 Å². The molecule has 2 aromatic carbocycles. The molecule has 0 amide bonds. The summed E-state index contributed by atoms with van der Waals surface area (Å²) in [6, 6.07) is 15.8. The Morgan fingerprint density at radius 2 is 1.68 bits per heavy atom. The molecule has 0 bridgehead atoms. The first kappa shape index (κ1) is 13.6. The van der Waals surface area contributed by atoms with Crippen LogP contribution >= 0.6 is 11.6 Å². The summed E-state index contributed by atoms with van der Waals surface area (Å²) in [4.78, 5) is 0. The van der Waals surface area contributed by atoms with Gasteiger partial charge in [0.2, 0.25) is 0 Å². The summed E-state index contributed by atoms with van der Waals surface area (Å²) in [5.41, 5.74) is 2.73. The van der Waals surface area contributed by atoms with Gasteiger partial charge in [0.25, 0.3) is 0 Å². The van der Waals surface area contributed by atoms with Crippen molar-refractivity contribution in [2.45, 2.75) is 18.2 Å². The molecule has 1 unspecified atom stereocenters. The summed E-state index contributed by atoms with van der Waals surface area (Å²) in [7, 11) is 0. The SMILES string of the molecule is N#Cc1ccc(CCC(Cl)c2ccc(F)cc2)cc1. The summed E-state index contributed by atoms with van der Waals surface area (Å²) in [6.07, 6.45) is 1.61. The predicted molar refractivity (Wildman–Crippen MR) is 74.5 cm³/mol. The smallest absolute Gasteiger partial charge is 0.123 e. The monoisotopic (exact) mass is 273 g/mol. The maximum Gasteiger partial charge on any atom is 0.123 e. The summed E-state index contributed by atoms with van der Waals surface area (Å²) < 4.78 is 12.8. The van der Waals surface area contributed by atoms with E-state index in [1.54, 1.807) is 24.3 Å². The van der Waals surface area contributed by atoms with Gasteiger partial charge in [-0.05, 0) is 48.2 Å². The number of benzene rings is 2. The standard InChI is InChI=1S/C16H13ClFN/c17-16(14-6-8-15(18)9-7-14)10-5-12-1-3-13(11-19)4-2-12/h1-4,6-9,16H,5,10H2. The van der Waals surface area contributed by atoms with Crippen LogP contribution in [0.3, 0.4) is 0 Å².